The molecule has 0 saturated heterocycles. The zero-order valence-corrected chi connectivity index (χ0v) is 18.4. The number of hydrogen-bond donors (Lipinski definition) is 2. The van der Waals surface area contributed by atoms with E-state index < -0.39 is 10.0 Å². The molecule has 0 aliphatic carbocycles. The second kappa shape index (κ2) is 10.4. The molecule has 0 bridgehead atoms. The summed E-state index contributed by atoms with van der Waals surface area (Å²) in [7, 11) is -0.360. The second-order valence-corrected chi connectivity index (χ2v) is 8.88. The summed E-state index contributed by atoms with van der Waals surface area (Å²) in [5.74, 6) is 2.14. The predicted octanol–water partition coefficient (Wildman–Crippen LogP) is 2.93. The standard InChI is InChI=1S/C20H24N4O4S2/c1-27-16-8-10-17(11-9-16)30(25,26)22-13-5-12-21-20-23-19(24-29-20)14-15-6-3-4-7-18(15)28-2/h3-4,6-11,22H,5,12-14H2,1-2H3,(H,21,23,24). The number of para-hydroxylation sites is 1. The van der Waals surface area contributed by atoms with Crippen molar-refractivity contribution >= 4 is 26.7 Å². The lowest BCUT2D eigenvalue weighted by atomic mass is 10.1. The van der Waals surface area contributed by atoms with E-state index in [1.165, 1.54) is 30.8 Å². The van der Waals surface area contributed by atoms with Gasteiger partial charge in [0.15, 0.2) is 0 Å². The Balaban J connectivity index is 1.43. The van der Waals surface area contributed by atoms with Crippen molar-refractivity contribution in [3.8, 4) is 11.5 Å². The number of anilines is 1. The van der Waals surface area contributed by atoms with Crippen LogP contribution in [0.5, 0.6) is 11.5 Å². The molecule has 0 radical (unpaired) electrons. The molecule has 160 valence electrons. The van der Waals surface area contributed by atoms with Gasteiger partial charge < -0.3 is 14.8 Å². The van der Waals surface area contributed by atoms with E-state index in [1.54, 1.807) is 19.2 Å². The van der Waals surface area contributed by atoms with Gasteiger partial charge in [-0.1, -0.05) is 18.2 Å². The summed E-state index contributed by atoms with van der Waals surface area (Å²) < 4.78 is 41.9. The van der Waals surface area contributed by atoms with E-state index in [2.05, 4.69) is 19.4 Å². The summed E-state index contributed by atoms with van der Waals surface area (Å²) in [6.45, 7) is 0.892. The Labute approximate surface area is 180 Å². The maximum atomic E-state index is 12.3. The number of aromatic nitrogens is 2. The van der Waals surface area contributed by atoms with Crippen molar-refractivity contribution in [3.63, 3.8) is 0 Å². The molecule has 1 aromatic heterocycles. The Kier molecular flexibility index (Phi) is 7.61. The molecule has 1 heterocycles. The summed E-state index contributed by atoms with van der Waals surface area (Å²) in [6.07, 6.45) is 1.20. The topological polar surface area (TPSA) is 102 Å². The fourth-order valence-electron chi connectivity index (χ4n) is 2.75. The molecule has 0 amide bonds. The first-order valence-electron chi connectivity index (χ1n) is 9.34. The van der Waals surface area contributed by atoms with Crippen LogP contribution >= 0.6 is 11.5 Å². The molecule has 8 nitrogen and oxygen atoms in total. The van der Waals surface area contributed by atoms with E-state index in [0.717, 1.165) is 11.3 Å². The molecular formula is C20H24N4O4S2. The van der Waals surface area contributed by atoms with Crippen LogP contribution < -0.4 is 19.5 Å². The van der Waals surface area contributed by atoms with Crippen LogP contribution in [0.15, 0.2) is 53.4 Å². The maximum absolute atomic E-state index is 12.3. The number of ether oxygens (including phenoxy) is 2. The molecule has 0 aliphatic heterocycles. The molecule has 10 heteroatoms. The van der Waals surface area contributed by atoms with Crippen molar-refractivity contribution in [2.45, 2.75) is 17.7 Å². The average molecular weight is 449 g/mol. The first kappa shape index (κ1) is 22.0. The molecule has 0 fully saturated rings. The number of benzene rings is 2. The molecule has 3 aromatic rings. The smallest absolute Gasteiger partial charge is 0.240 e. The lowest BCUT2D eigenvalue weighted by molar-refractivity contribution is 0.410. The highest BCUT2D eigenvalue weighted by Gasteiger charge is 2.13. The lowest BCUT2D eigenvalue weighted by Gasteiger charge is -2.08. The molecule has 0 aliphatic rings. The Morgan fingerprint density at radius 1 is 1.00 bits per heavy atom. The third kappa shape index (κ3) is 5.91. The first-order valence-corrected chi connectivity index (χ1v) is 11.6. The van der Waals surface area contributed by atoms with Gasteiger partial charge in [0, 0.05) is 36.6 Å². The lowest BCUT2D eigenvalue weighted by Crippen LogP contribution is -2.26. The van der Waals surface area contributed by atoms with Gasteiger partial charge in [-0.3, -0.25) is 0 Å². The highest BCUT2D eigenvalue weighted by atomic mass is 32.2. The molecule has 30 heavy (non-hydrogen) atoms. The summed E-state index contributed by atoms with van der Waals surface area (Å²) in [5.41, 5.74) is 1.03. The highest BCUT2D eigenvalue weighted by molar-refractivity contribution is 7.89. The van der Waals surface area contributed by atoms with Gasteiger partial charge in [0.25, 0.3) is 0 Å². The van der Waals surface area contributed by atoms with Crippen molar-refractivity contribution in [2.24, 2.45) is 0 Å². The molecule has 2 N–H and O–H groups in total. The molecule has 0 unspecified atom stereocenters. The fraction of sp³-hybridized carbons (Fsp3) is 0.300. The SMILES string of the molecule is COc1ccc(S(=O)(=O)NCCCNc2nc(Cc3ccccc3OC)ns2)cc1. The predicted molar refractivity (Wildman–Crippen MR) is 117 cm³/mol. The summed E-state index contributed by atoms with van der Waals surface area (Å²) in [5, 5.41) is 3.89. The molecule has 0 atom stereocenters. The number of nitrogens with one attached hydrogen (secondary N) is 2. The van der Waals surface area contributed by atoms with Gasteiger partial charge in [-0.2, -0.15) is 4.37 Å². The number of rotatable bonds is 11. The Bertz CT molecular complexity index is 1050. The van der Waals surface area contributed by atoms with Crippen LogP contribution in [0.4, 0.5) is 5.13 Å². The number of nitrogens with zero attached hydrogens (tertiary/aromatic N) is 2. The minimum atomic E-state index is -3.54. The molecule has 2 aromatic carbocycles. The van der Waals surface area contributed by atoms with Gasteiger partial charge >= 0.3 is 0 Å². The monoisotopic (exact) mass is 448 g/mol. The summed E-state index contributed by atoms with van der Waals surface area (Å²) in [6, 6.07) is 14.1. The van der Waals surface area contributed by atoms with Crippen LogP contribution in [-0.2, 0) is 16.4 Å². The van der Waals surface area contributed by atoms with E-state index in [4.69, 9.17) is 9.47 Å². The Morgan fingerprint density at radius 3 is 2.50 bits per heavy atom. The maximum Gasteiger partial charge on any atom is 0.240 e. The van der Waals surface area contributed by atoms with Crippen LogP contribution in [0.25, 0.3) is 0 Å². The minimum Gasteiger partial charge on any atom is -0.497 e. The minimum absolute atomic E-state index is 0.210. The van der Waals surface area contributed by atoms with Crippen molar-refractivity contribution in [3.05, 3.63) is 59.9 Å². The number of methoxy groups -OCH3 is 2. The molecule has 3 rings (SSSR count). The summed E-state index contributed by atoms with van der Waals surface area (Å²) >= 11 is 1.28. The van der Waals surface area contributed by atoms with Crippen LogP contribution in [0, 0.1) is 0 Å². The summed E-state index contributed by atoms with van der Waals surface area (Å²) in [4.78, 5) is 4.69. The molecular weight excluding hydrogens is 424 g/mol. The number of hydrogen-bond acceptors (Lipinski definition) is 8. The third-order valence-electron chi connectivity index (χ3n) is 4.30. The van der Waals surface area contributed by atoms with Crippen molar-refractivity contribution in [1.82, 2.24) is 14.1 Å². The van der Waals surface area contributed by atoms with Gasteiger partial charge in [-0.15, -0.1) is 0 Å². The van der Waals surface area contributed by atoms with Crippen molar-refractivity contribution < 1.29 is 17.9 Å². The van der Waals surface area contributed by atoms with E-state index >= 15 is 0 Å². The average Bonchev–Trinajstić information content (AvgIpc) is 3.21. The van der Waals surface area contributed by atoms with Crippen molar-refractivity contribution in [2.75, 3.05) is 32.6 Å². The van der Waals surface area contributed by atoms with Gasteiger partial charge in [-0.25, -0.2) is 18.1 Å². The zero-order chi connectivity index (χ0) is 21.4. The van der Waals surface area contributed by atoms with Gasteiger partial charge in [0.1, 0.15) is 17.3 Å². The Hall–Kier alpha value is -2.69. The van der Waals surface area contributed by atoms with Crippen LogP contribution in [0.1, 0.15) is 17.8 Å². The van der Waals surface area contributed by atoms with Crippen molar-refractivity contribution in [1.29, 1.82) is 0 Å². The second-order valence-electron chi connectivity index (χ2n) is 6.36. The largest absolute Gasteiger partial charge is 0.497 e. The zero-order valence-electron chi connectivity index (χ0n) is 16.8. The van der Waals surface area contributed by atoms with Crippen LogP contribution in [-0.4, -0.2) is 45.1 Å². The van der Waals surface area contributed by atoms with Crippen LogP contribution in [0.2, 0.25) is 0 Å². The van der Waals surface area contributed by atoms with Gasteiger partial charge in [0.05, 0.1) is 19.1 Å². The Morgan fingerprint density at radius 2 is 1.77 bits per heavy atom. The fourth-order valence-corrected chi connectivity index (χ4v) is 4.43. The van der Waals surface area contributed by atoms with E-state index in [1.807, 2.05) is 24.3 Å². The quantitative estimate of drug-likeness (QED) is 0.435. The molecule has 0 saturated carbocycles. The van der Waals surface area contributed by atoms with E-state index in [-0.39, 0.29) is 4.90 Å². The van der Waals surface area contributed by atoms with E-state index in [9.17, 15) is 8.42 Å². The van der Waals surface area contributed by atoms with Gasteiger partial charge in [-0.05, 0) is 36.8 Å². The highest BCUT2D eigenvalue weighted by Crippen LogP contribution is 2.21. The molecule has 0 spiro atoms. The van der Waals surface area contributed by atoms with Gasteiger partial charge in [0.2, 0.25) is 15.2 Å². The van der Waals surface area contributed by atoms with Crippen LogP contribution in [0.3, 0.4) is 0 Å². The first-order chi connectivity index (χ1) is 14.5. The third-order valence-corrected chi connectivity index (χ3v) is 6.49. The number of sulfonamides is 1. The van der Waals surface area contributed by atoms with E-state index in [0.29, 0.717) is 42.6 Å². The normalized spacial score (nSPS) is 11.3.